The number of anilines is 4. The van der Waals surface area contributed by atoms with Crippen LogP contribution in [0.1, 0.15) is 18.2 Å². The SMILES string of the molecule is CCc1ccc(Nc2nc(C)cc(Nc3cc(OC)c(OC)c(OC)c3)n2)cc1. The van der Waals surface area contributed by atoms with E-state index in [0.29, 0.717) is 29.0 Å². The molecule has 0 saturated heterocycles. The number of hydrogen-bond acceptors (Lipinski definition) is 7. The van der Waals surface area contributed by atoms with Crippen LogP contribution in [0.4, 0.5) is 23.1 Å². The van der Waals surface area contributed by atoms with Crippen LogP contribution in [0, 0.1) is 6.92 Å². The first kappa shape index (κ1) is 20.3. The van der Waals surface area contributed by atoms with Crippen molar-refractivity contribution in [2.75, 3.05) is 32.0 Å². The Hall–Kier alpha value is -3.48. The predicted octanol–water partition coefficient (Wildman–Crippen LogP) is 4.86. The molecule has 2 N–H and O–H groups in total. The van der Waals surface area contributed by atoms with Crippen molar-refractivity contribution in [2.45, 2.75) is 20.3 Å². The molecule has 0 saturated carbocycles. The monoisotopic (exact) mass is 394 g/mol. The van der Waals surface area contributed by atoms with Crippen molar-refractivity contribution in [2.24, 2.45) is 0 Å². The van der Waals surface area contributed by atoms with Crippen molar-refractivity contribution in [1.29, 1.82) is 0 Å². The highest BCUT2D eigenvalue weighted by Gasteiger charge is 2.14. The van der Waals surface area contributed by atoms with Crippen LogP contribution in [0.3, 0.4) is 0 Å². The minimum absolute atomic E-state index is 0.518. The van der Waals surface area contributed by atoms with Crippen LogP contribution < -0.4 is 24.8 Å². The molecule has 0 unspecified atom stereocenters. The van der Waals surface area contributed by atoms with Gasteiger partial charge in [-0.05, 0) is 31.0 Å². The van der Waals surface area contributed by atoms with E-state index in [-0.39, 0.29) is 0 Å². The average Bonchev–Trinajstić information content (AvgIpc) is 2.73. The third kappa shape index (κ3) is 4.87. The van der Waals surface area contributed by atoms with Crippen molar-refractivity contribution in [1.82, 2.24) is 9.97 Å². The molecule has 0 spiro atoms. The van der Waals surface area contributed by atoms with Crippen LogP contribution in [0.5, 0.6) is 17.2 Å². The van der Waals surface area contributed by atoms with Gasteiger partial charge in [0, 0.05) is 35.3 Å². The molecule has 0 amide bonds. The first-order valence-electron chi connectivity index (χ1n) is 9.35. The Morgan fingerprint density at radius 2 is 1.45 bits per heavy atom. The van der Waals surface area contributed by atoms with Crippen LogP contribution in [0.25, 0.3) is 0 Å². The Bertz CT molecular complexity index is 949. The third-order valence-electron chi connectivity index (χ3n) is 4.41. The molecule has 0 aliphatic carbocycles. The lowest BCUT2D eigenvalue weighted by Crippen LogP contribution is -2.03. The summed E-state index contributed by atoms with van der Waals surface area (Å²) in [6.07, 6.45) is 1.00. The molecular formula is C22H26N4O3. The van der Waals surface area contributed by atoms with Crippen molar-refractivity contribution in [3.8, 4) is 17.2 Å². The lowest BCUT2D eigenvalue weighted by atomic mass is 10.1. The second kappa shape index (κ2) is 9.14. The van der Waals surface area contributed by atoms with Crippen molar-refractivity contribution in [3.63, 3.8) is 0 Å². The van der Waals surface area contributed by atoms with Crippen LogP contribution in [0.2, 0.25) is 0 Å². The summed E-state index contributed by atoms with van der Waals surface area (Å²) in [5.74, 6) is 2.84. The molecule has 0 aliphatic heterocycles. The lowest BCUT2D eigenvalue weighted by molar-refractivity contribution is 0.324. The van der Waals surface area contributed by atoms with E-state index in [2.05, 4.69) is 39.7 Å². The van der Waals surface area contributed by atoms with E-state index in [4.69, 9.17) is 14.2 Å². The Morgan fingerprint density at radius 3 is 2.00 bits per heavy atom. The standard InChI is InChI=1S/C22H26N4O3/c1-6-15-7-9-16(10-8-15)25-22-23-14(2)11-20(26-22)24-17-12-18(27-3)21(29-5)19(13-17)28-4/h7-13H,6H2,1-5H3,(H2,23,24,25,26). The van der Waals surface area contributed by atoms with E-state index in [1.165, 1.54) is 5.56 Å². The first-order chi connectivity index (χ1) is 14.1. The maximum atomic E-state index is 5.41. The molecule has 0 fully saturated rings. The summed E-state index contributed by atoms with van der Waals surface area (Å²) in [4.78, 5) is 9.05. The minimum atomic E-state index is 0.518. The second-order valence-electron chi connectivity index (χ2n) is 6.43. The van der Waals surface area contributed by atoms with Crippen LogP contribution in [-0.4, -0.2) is 31.3 Å². The summed E-state index contributed by atoms with van der Waals surface area (Å²) in [6, 6.07) is 13.8. The summed E-state index contributed by atoms with van der Waals surface area (Å²) in [5.41, 5.74) is 3.82. The van der Waals surface area contributed by atoms with Gasteiger partial charge in [0.2, 0.25) is 11.7 Å². The van der Waals surface area contributed by atoms with Gasteiger partial charge in [-0.2, -0.15) is 4.98 Å². The molecule has 0 bridgehead atoms. The summed E-state index contributed by atoms with van der Waals surface area (Å²) in [7, 11) is 4.75. The molecule has 1 aromatic heterocycles. The Kier molecular flexibility index (Phi) is 6.39. The van der Waals surface area contributed by atoms with E-state index in [9.17, 15) is 0 Å². The number of hydrogen-bond donors (Lipinski definition) is 2. The maximum Gasteiger partial charge on any atom is 0.229 e. The zero-order valence-corrected chi connectivity index (χ0v) is 17.4. The van der Waals surface area contributed by atoms with Crippen molar-refractivity contribution >= 4 is 23.1 Å². The molecule has 3 rings (SSSR count). The molecule has 3 aromatic rings. The van der Waals surface area contributed by atoms with E-state index in [0.717, 1.165) is 23.5 Å². The number of ether oxygens (including phenoxy) is 3. The van der Waals surface area contributed by atoms with Gasteiger partial charge >= 0.3 is 0 Å². The molecule has 0 radical (unpaired) electrons. The topological polar surface area (TPSA) is 77.5 Å². The fourth-order valence-electron chi connectivity index (χ4n) is 2.94. The molecule has 1 heterocycles. The van der Waals surface area contributed by atoms with Gasteiger partial charge in [-0.15, -0.1) is 0 Å². The van der Waals surface area contributed by atoms with E-state index in [1.54, 1.807) is 21.3 Å². The van der Waals surface area contributed by atoms with Crippen LogP contribution in [-0.2, 0) is 6.42 Å². The molecule has 0 aliphatic rings. The number of benzene rings is 2. The molecule has 152 valence electrons. The summed E-state index contributed by atoms with van der Waals surface area (Å²) >= 11 is 0. The average molecular weight is 394 g/mol. The second-order valence-corrected chi connectivity index (χ2v) is 6.43. The van der Waals surface area contributed by atoms with E-state index >= 15 is 0 Å². The fraction of sp³-hybridized carbons (Fsp3) is 0.273. The minimum Gasteiger partial charge on any atom is -0.493 e. The summed E-state index contributed by atoms with van der Waals surface area (Å²) in [6.45, 7) is 4.06. The molecule has 7 nitrogen and oxygen atoms in total. The van der Waals surface area contributed by atoms with Crippen LogP contribution >= 0.6 is 0 Å². The fourth-order valence-corrected chi connectivity index (χ4v) is 2.94. The number of rotatable bonds is 8. The van der Waals surface area contributed by atoms with Gasteiger partial charge in [-0.1, -0.05) is 19.1 Å². The highest BCUT2D eigenvalue weighted by atomic mass is 16.5. The number of aromatic nitrogens is 2. The Labute approximate surface area is 171 Å². The quantitative estimate of drug-likeness (QED) is 0.565. The highest BCUT2D eigenvalue weighted by Crippen LogP contribution is 2.40. The lowest BCUT2D eigenvalue weighted by Gasteiger charge is -2.15. The number of methoxy groups -OCH3 is 3. The van der Waals surface area contributed by atoms with Gasteiger partial charge < -0.3 is 24.8 Å². The zero-order chi connectivity index (χ0) is 20.8. The first-order valence-corrected chi connectivity index (χ1v) is 9.35. The summed E-state index contributed by atoms with van der Waals surface area (Å²) < 4.78 is 16.2. The molecule has 29 heavy (non-hydrogen) atoms. The Balaban J connectivity index is 1.86. The van der Waals surface area contributed by atoms with E-state index < -0.39 is 0 Å². The number of nitrogens with zero attached hydrogens (tertiary/aromatic N) is 2. The molecule has 2 aromatic carbocycles. The van der Waals surface area contributed by atoms with Crippen LogP contribution in [0.15, 0.2) is 42.5 Å². The Morgan fingerprint density at radius 1 is 0.793 bits per heavy atom. The van der Waals surface area contributed by atoms with Gasteiger partial charge in [0.1, 0.15) is 5.82 Å². The molecule has 7 heteroatoms. The highest BCUT2D eigenvalue weighted by molar-refractivity contribution is 5.67. The largest absolute Gasteiger partial charge is 0.493 e. The normalized spacial score (nSPS) is 10.4. The van der Waals surface area contributed by atoms with E-state index in [1.807, 2.05) is 37.3 Å². The number of aryl methyl sites for hydroxylation is 2. The smallest absolute Gasteiger partial charge is 0.229 e. The van der Waals surface area contributed by atoms with Gasteiger partial charge in [-0.25, -0.2) is 4.98 Å². The third-order valence-corrected chi connectivity index (χ3v) is 4.41. The zero-order valence-electron chi connectivity index (χ0n) is 17.4. The van der Waals surface area contributed by atoms with Crippen molar-refractivity contribution < 1.29 is 14.2 Å². The van der Waals surface area contributed by atoms with Gasteiger partial charge in [-0.3, -0.25) is 0 Å². The summed E-state index contributed by atoms with van der Waals surface area (Å²) in [5, 5.41) is 6.54. The van der Waals surface area contributed by atoms with Gasteiger partial charge in [0.25, 0.3) is 0 Å². The van der Waals surface area contributed by atoms with Gasteiger partial charge in [0.15, 0.2) is 11.5 Å². The predicted molar refractivity (Wildman–Crippen MR) is 115 cm³/mol. The maximum absolute atomic E-state index is 5.41. The van der Waals surface area contributed by atoms with Crippen molar-refractivity contribution in [3.05, 3.63) is 53.7 Å². The number of nitrogens with one attached hydrogen (secondary N) is 2. The van der Waals surface area contributed by atoms with Gasteiger partial charge in [0.05, 0.1) is 21.3 Å². The molecular weight excluding hydrogens is 368 g/mol. The molecule has 0 atom stereocenters.